The van der Waals surface area contributed by atoms with Crippen LogP contribution in [0.1, 0.15) is 31.9 Å². The Morgan fingerprint density at radius 2 is 2.11 bits per heavy atom. The van der Waals surface area contributed by atoms with E-state index in [1.165, 1.54) is 6.07 Å². The third-order valence-electron chi connectivity index (χ3n) is 4.11. The number of halogens is 1. The van der Waals surface area contributed by atoms with Gasteiger partial charge in [0.05, 0.1) is 17.7 Å². The van der Waals surface area contributed by atoms with Gasteiger partial charge in [-0.25, -0.2) is 4.39 Å². The summed E-state index contributed by atoms with van der Waals surface area (Å²) in [6.07, 6.45) is -0.453. The fourth-order valence-corrected chi connectivity index (χ4v) is 2.88. The van der Waals surface area contributed by atoms with Gasteiger partial charge in [0.2, 0.25) is 0 Å². The smallest absolute Gasteiger partial charge is 0.145 e. The molecule has 4 heteroatoms. The zero-order chi connectivity index (χ0) is 14.4. The Morgan fingerprint density at radius 1 is 1.47 bits per heavy atom. The Bertz CT molecular complexity index is 548. The van der Waals surface area contributed by atoms with Crippen LogP contribution in [0.3, 0.4) is 0 Å². The van der Waals surface area contributed by atoms with Crippen molar-refractivity contribution in [1.29, 1.82) is 5.26 Å². The van der Waals surface area contributed by atoms with E-state index < -0.39 is 11.9 Å². The van der Waals surface area contributed by atoms with Gasteiger partial charge in [-0.1, -0.05) is 13.8 Å². The van der Waals surface area contributed by atoms with Crippen molar-refractivity contribution in [2.24, 2.45) is 5.41 Å². The van der Waals surface area contributed by atoms with Gasteiger partial charge in [0.15, 0.2) is 0 Å². The van der Waals surface area contributed by atoms with Crippen molar-refractivity contribution < 1.29 is 9.50 Å². The molecule has 0 spiro atoms. The van der Waals surface area contributed by atoms with E-state index >= 15 is 0 Å². The summed E-state index contributed by atoms with van der Waals surface area (Å²) in [6.45, 7) is 8.29. The second-order valence-corrected chi connectivity index (χ2v) is 5.98. The SMILES string of the molecule is Cc1c(N2CC(C)(C)[C@@H](O)[C@@H]2C)ccc(C#N)c1F. The molecule has 0 bridgehead atoms. The predicted molar refractivity (Wildman–Crippen MR) is 72.4 cm³/mol. The summed E-state index contributed by atoms with van der Waals surface area (Å²) >= 11 is 0. The van der Waals surface area contributed by atoms with Crippen LogP contribution >= 0.6 is 0 Å². The van der Waals surface area contributed by atoms with Gasteiger partial charge in [-0.3, -0.25) is 0 Å². The van der Waals surface area contributed by atoms with Crippen LogP contribution in [0.4, 0.5) is 10.1 Å². The van der Waals surface area contributed by atoms with Gasteiger partial charge in [-0.2, -0.15) is 5.26 Å². The molecule has 0 aliphatic carbocycles. The lowest BCUT2D eigenvalue weighted by molar-refractivity contribution is 0.0766. The molecule has 2 rings (SSSR count). The summed E-state index contributed by atoms with van der Waals surface area (Å²) in [5, 5.41) is 19.1. The van der Waals surface area contributed by atoms with Crippen molar-refractivity contribution in [3.63, 3.8) is 0 Å². The minimum atomic E-state index is -0.466. The molecular formula is C15H19FN2O. The number of anilines is 1. The highest BCUT2D eigenvalue weighted by Gasteiger charge is 2.44. The molecule has 0 radical (unpaired) electrons. The van der Waals surface area contributed by atoms with Crippen LogP contribution in [-0.4, -0.2) is 23.8 Å². The summed E-state index contributed by atoms with van der Waals surface area (Å²) in [7, 11) is 0. The molecule has 1 aromatic rings. The van der Waals surface area contributed by atoms with E-state index in [-0.39, 0.29) is 17.0 Å². The largest absolute Gasteiger partial charge is 0.390 e. The minimum Gasteiger partial charge on any atom is -0.390 e. The zero-order valence-corrected chi connectivity index (χ0v) is 11.7. The second-order valence-electron chi connectivity index (χ2n) is 5.98. The summed E-state index contributed by atoms with van der Waals surface area (Å²) in [5.74, 6) is -0.466. The topological polar surface area (TPSA) is 47.3 Å². The molecule has 1 aliphatic heterocycles. The lowest BCUT2D eigenvalue weighted by Crippen LogP contribution is -2.34. The van der Waals surface area contributed by atoms with E-state index in [9.17, 15) is 9.50 Å². The van der Waals surface area contributed by atoms with Crippen LogP contribution in [0.15, 0.2) is 12.1 Å². The lowest BCUT2D eigenvalue weighted by atomic mass is 9.88. The first kappa shape index (κ1) is 13.8. The Hall–Kier alpha value is -1.60. The Morgan fingerprint density at radius 3 is 2.58 bits per heavy atom. The number of aliphatic hydroxyl groups excluding tert-OH is 1. The van der Waals surface area contributed by atoms with E-state index in [0.717, 1.165) is 5.69 Å². The van der Waals surface area contributed by atoms with Crippen molar-refractivity contribution in [2.45, 2.75) is 39.8 Å². The highest BCUT2D eigenvalue weighted by Crippen LogP contribution is 2.39. The highest BCUT2D eigenvalue weighted by atomic mass is 19.1. The molecule has 102 valence electrons. The van der Waals surface area contributed by atoms with E-state index in [2.05, 4.69) is 0 Å². The average molecular weight is 262 g/mol. The molecule has 1 aliphatic rings. The summed E-state index contributed by atoms with van der Waals surface area (Å²) < 4.78 is 14.0. The molecular weight excluding hydrogens is 243 g/mol. The molecule has 0 saturated carbocycles. The van der Waals surface area contributed by atoms with Crippen LogP contribution in [0.2, 0.25) is 0 Å². The monoisotopic (exact) mass is 262 g/mol. The Labute approximate surface area is 113 Å². The number of nitrogens with zero attached hydrogens (tertiary/aromatic N) is 2. The quantitative estimate of drug-likeness (QED) is 0.846. The third kappa shape index (κ3) is 2.08. The zero-order valence-electron chi connectivity index (χ0n) is 11.7. The van der Waals surface area contributed by atoms with Crippen LogP contribution in [0, 0.1) is 29.5 Å². The molecule has 0 unspecified atom stereocenters. The predicted octanol–water partition coefficient (Wildman–Crippen LogP) is 2.60. The minimum absolute atomic E-state index is 0.0629. The van der Waals surface area contributed by atoms with Crippen LogP contribution in [-0.2, 0) is 0 Å². The number of aliphatic hydroxyl groups is 1. The number of benzene rings is 1. The number of hydrogen-bond acceptors (Lipinski definition) is 3. The van der Waals surface area contributed by atoms with Gasteiger partial charge in [-0.15, -0.1) is 0 Å². The van der Waals surface area contributed by atoms with Gasteiger partial charge < -0.3 is 10.0 Å². The normalized spacial score (nSPS) is 25.4. The summed E-state index contributed by atoms with van der Waals surface area (Å²) in [5.41, 5.74) is 1.06. The Kier molecular flexibility index (Phi) is 3.27. The van der Waals surface area contributed by atoms with Gasteiger partial charge in [0, 0.05) is 23.2 Å². The van der Waals surface area contributed by atoms with E-state index in [1.807, 2.05) is 31.7 Å². The van der Waals surface area contributed by atoms with Crippen molar-refractivity contribution >= 4 is 5.69 Å². The fourth-order valence-electron chi connectivity index (χ4n) is 2.88. The van der Waals surface area contributed by atoms with E-state index in [0.29, 0.717) is 12.1 Å². The van der Waals surface area contributed by atoms with Gasteiger partial charge in [0.25, 0.3) is 0 Å². The maximum atomic E-state index is 14.0. The first-order valence-electron chi connectivity index (χ1n) is 6.43. The molecule has 1 N–H and O–H groups in total. The average Bonchev–Trinajstić information content (AvgIpc) is 2.56. The van der Waals surface area contributed by atoms with Gasteiger partial charge >= 0.3 is 0 Å². The van der Waals surface area contributed by atoms with Crippen molar-refractivity contribution in [3.8, 4) is 6.07 Å². The third-order valence-corrected chi connectivity index (χ3v) is 4.11. The molecule has 3 nitrogen and oxygen atoms in total. The molecule has 1 heterocycles. The molecule has 0 aromatic heterocycles. The lowest BCUT2D eigenvalue weighted by Gasteiger charge is -2.26. The van der Waals surface area contributed by atoms with E-state index in [4.69, 9.17) is 5.26 Å². The maximum absolute atomic E-state index is 14.0. The van der Waals surface area contributed by atoms with Crippen LogP contribution < -0.4 is 4.90 Å². The highest BCUT2D eigenvalue weighted by molar-refractivity contribution is 5.59. The van der Waals surface area contributed by atoms with Crippen molar-refractivity contribution in [2.75, 3.05) is 11.4 Å². The molecule has 0 amide bonds. The van der Waals surface area contributed by atoms with Crippen molar-refractivity contribution in [3.05, 3.63) is 29.1 Å². The second kappa shape index (κ2) is 4.50. The number of rotatable bonds is 1. The van der Waals surface area contributed by atoms with Crippen LogP contribution in [0.5, 0.6) is 0 Å². The van der Waals surface area contributed by atoms with E-state index in [1.54, 1.807) is 13.0 Å². The molecule has 19 heavy (non-hydrogen) atoms. The van der Waals surface area contributed by atoms with Crippen LogP contribution in [0.25, 0.3) is 0 Å². The molecule has 2 atom stereocenters. The Balaban J connectivity index is 2.45. The first-order valence-corrected chi connectivity index (χ1v) is 6.43. The maximum Gasteiger partial charge on any atom is 0.145 e. The van der Waals surface area contributed by atoms with Gasteiger partial charge in [-0.05, 0) is 26.0 Å². The summed E-state index contributed by atoms with van der Waals surface area (Å²) in [6, 6.07) is 5.05. The molecule has 1 fully saturated rings. The number of hydrogen-bond donors (Lipinski definition) is 1. The molecule has 1 saturated heterocycles. The van der Waals surface area contributed by atoms with Crippen molar-refractivity contribution in [1.82, 2.24) is 0 Å². The fraction of sp³-hybridized carbons (Fsp3) is 0.533. The number of nitriles is 1. The molecule has 1 aromatic carbocycles. The summed E-state index contributed by atoms with van der Waals surface area (Å²) in [4.78, 5) is 2.02. The van der Waals surface area contributed by atoms with Gasteiger partial charge in [0.1, 0.15) is 11.9 Å². The first-order chi connectivity index (χ1) is 8.79. The standard InChI is InChI=1S/C15H19FN2O/c1-9-12(6-5-11(7-17)13(9)16)18-8-15(3,4)14(19)10(18)2/h5-6,10,14,19H,8H2,1-4H3/t10-,14-/m0/s1.